The largest absolute Gasteiger partial charge is 0.496 e. The molecule has 0 radical (unpaired) electrons. The summed E-state index contributed by atoms with van der Waals surface area (Å²) in [6, 6.07) is 3.59. The number of nitrogens with one attached hydrogen (secondary N) is 1. The van der Waals surface area contributed by atoms with E-state index in [0.29, 0.717) is 20.7 Å². The van der Waals surface area contributed by atoms with E-state index in [2.05, 4.69) is 21.2 Å². The third-order valence-corrected chi connectivity index (χ3v) is 4.22. The maximum Gasteiger partial charge on any atom is 0.263 e. The van der Waals surface area contributed by atoms with Crippen LogP contribution in [0.4, 0.5) is 0 Å². The van der Waals surface area contributed by atoms with Gasteiger partial charge >= 0.3 is 0 Å². The Hall–Kier alpha value is -1.05. The molecule has 1 saturated heterocycles. The second-order valence-corrected chi connectivity index (χ2v) is 6.15. The zero-order chi connectivity index (χ0) is 14.0. The second-order valence-electron chi connectivity index (χ2n) is 3.58. The molecule has 4 nitrogen and oxygen atoms in total. The summed E-state index contributed by atoms with van der Waals surface area (Å²) < 4.78 is 11.7. The molecule has 100 valence electrons. The number of thiocarbonyl (C=S) groups is 1. The van der Waals surface area contributed by atoms with E-state index in [4.69, 9.17) is 21.7 Å². The van der Waals surface area contributed by atoms with Gasteiger partial charge in [0.1, 0.15) is 15.8 Å². The smallest absolute Gasteiger partial charge is 0.263 e. The number of benzene rings is 1. The van der Waals surface area contributed by atoms with E-state index in [-0.39, 0.29) is 5.91 Å². The van der Waals surface area contributed by atoms with Gasteiger partial charge in [0.05, 0.1) is 23.6 Å². The molecule has 0 aliphatic carbocycles. The standard InChI is InChI=1S/C12H10BrNO3S2/c1-16-8-5-9(17-2)7(13)3-6(8)4-10-11(15)14-12(18)19-10/h3-5H,1-2H3,(H,14,15,18). The Balaban J connectivity index is 2.45. The summed E-state index contributed by atoms with van der Waals surface area (Å²) in [6.45, 7) is 0. The molecule has 1 N–H and O–H groups in total. The van der Waals surface area contributed by atoms with Gasteiger partial charge in [0.25, 0.3) is 5.91 Å². The van der Waals surface area contributed by atoms with Crippen molar-refractivity contribution < 1.29 is 14.3 Å². The third-order valence-electron chi connectivity index (χ3n) is 2.43. The van der Waals surface area contributed by atoms with Crippen molar-refractivity contribution in [2.45, 2.75) is 0 Å². The van der Waals surface area contributed by atoms with Crippen LogP contribution in [0.5, 0.6) is 11.5 Å². The number of halogens is 1. The number of ether oxygens (including phenoxy) is 2. The Bertz CT molecular complexity index is 587. The van der Waals surface area contributed by atoms with Gasteiger partial charge in [0.2, 0.25) is 0 Å². The molecule has 0 atom stereocenters. The van der Waals surface area contributed by atoms with E-state index in [0.717, 1.165) is 10.0 Å². The molecular formula is C12H10BrNO3S2. The van der Waals surface area contributed by atoms with Crippen LogP contribution in [0.1, 0.15) is 5.56 Å². The molecule has 2 rings (SSSR count). The van der Waals surface area contributed by atoms with Crippen LogP contribution in [0.25, 0.3) is 6.08 Å². The fourth-order valence-corrected chi connectivity index (χ4v) is 3.12. The molecule has 1 aliphatic heterocycles. The molecule has 0 unspecified atom stereocenters. The second kappa shape index (κ2) is 5.94. The van der Waals surface area contributed by atoms with Crippen LogP contribution < -0.4 is 14.8 Å². The van der Waals surface area contributed by atoms with Crippen molar-refractivity contribution in [3.05, 3.63) is 27.1 Å². The van der Waals surface area contributed by atoms with Crippen LogP contribution in [-0.2, 0) is 4.79 Å². The topological polar surface area (TPSA) is 47.6 Å². The quantitative estimate of drug-likeness (QED) is 0.664. The molecule has 0 saturated carbocycles. The van der Waals surface area contributed by atoms with E-state index < -0.39 is 0 Å². The first-order valence-electron chi connectivity index (χ1n) is 5.21. The SMILES string of the molecule is COc1cc(OC)c(C=C2SC(=S)NC2=O)cc1Br. The van der Waals surface area contributed by atoms with Crippen molar-refractivity contribution >= 4 is 56.2 Å². The monoisotopic (exact) mass is 359 g/mol. The molecule has 0 aromatic heterocycles. The van der Waals surface area contributed by atoms with Crippen molar-refractivity contribution in [2.24, 2.45) is 0 Å². The highest BCUT2D eigenvalue weighted by atomic mass is 79.9. The average molecular weight is 360 g/mol. The van der Waals surface area contributed by atoms with Crippen molar-refractivity contribution in [2.75, 3.05) is 14.2 Å². The maximum absolute atomic E-state index is 11.6. The zero-order valence-corrected chi connectivity index (χ0v) is 13.4. The maximum atomic E-state index is 11.6. The number of carbonyl (C=O) groups excluding carboxylic acids is 1. The summed E-state index contributed by atoms with van der Waals surface area (Å²) in [5, 5.41) is 2.57. The van der Waals surface area contributed by atoms with Gasteiger partial charge in [-0.15, -0.1) is 0 Å². The van der Waals surface area contributed by atoms with Crippen LogP contribution in [0.2, 0.25) is 0 Å². The van der Waals surface area contributed by atoms with Gasteiger partial charge in [-0.05, 0) is 28.1 Å². The predicted molar refractivity (Wildman–Crippen MR) is 83.6 cm³/mol. The van der Waals surface area contributed by atoms with E-state index >= 15 is 0 Å². The number of hydrogen-bond acceptors (Lipinski definition) is 5. The summed E-state index contributed by atoms with van der Waals surface area (Å²) in [5.74, 6) is 1.10. The van der Waals surface area contributed by atoms with E-state index in [9.17, 15) is 4.79 Å². The van der Waals surface area contributed by atoms with Gasteiger partial charge in [0, 0.05) is 11.6 Å². The van der Waals surface area contributed by atoms with Crippen molar-refractivity contribution in [3.63, 3.8) is 0 Å². The lowest BCUT2D eigenvalue weighted by atomic mass is 10.1. The minimum Gasteiger partial charge on any atom is -0.496 e. The van der Waals surface area contributed by atoms with Crippen LogP contribution in [0.3, 0.4) is 0 Å². The predicted octanol–water partition coefficient (Wildman–Crippen LogP) is 2.96. The summed E-state index contributed by atoms with van der Waals surface area (Å²) >= 11 is 9.58. The van der Waals surface area contributed by atoms with Crippen LogP contribution in [0, 0.1) is 0 Å². The number of carbonyl (C=O) groups is 1. The lowest BCUT2D eigenvalue weighted by Gasteiger charge is -2.10. The molecule has 19 heavy (non-hydrogen) atoms. The highest BCUT2D eigenvalue weighted by Crippen LogP contribution is 2.35. The Kier molecular flexibility index (Phi) is 4.49. The molecule has 1 amide bonds. The van der Waals surface area contributed by atoms with Gasteiger partial charge in [0.15, 0.2) is 0 Å². The molecular weight excluding hydrogens is 350 g/mol. The highest BCUT2D eigenvalue weighted by Gasteiger charge is 2.22. The Morgan fingerprint density at radius 2 is 2.00 bits per heavy atom. The van der Waals surface area contributed by atoms with E-state index in [1.54, 1.807) is 26.4 Å². The number of thioether (sulfide) groups is 1. The number of hydrogen-bond donors (Lipinski definition) is 1. The fourth-order valence-electron chi connectivity index (χ4n) is 1.56. The van der Waals surface area contributed by atoms with Gasteiger partial charge in [-0.3, -0.25) is 4.79 Å². The van der Waals surface area contributed by atoms with Crippen LogP contribution >= 0.6 is 39.9 Å². The first kappa shape index (κ1) is 14.4. The average Bonchev–Trinajstić information content (AvgIpc) is 2.68. The molecule has 1 aromatic rings. The number of amides is 1. The Labute approximate surface area is 128 Å². The van der Waals surface area contributed by atoms with Crippen molar-refractivity contribution in [1.29, 1.82) is 0 Å². The normalized spacial score (nSPS) is 16.7. The molecule has 1 fully saturated rings. The van der Waals surface area contributed by atoms with E-state index in [1.807, 2.05) is 6.07 Å². The first-order chi connectivity index (χ1) is 9.05. The van der Waals surface area contributed by atoms with E-state index in [1.165, 1.54) is 11.8 Å². The summed E-state index contributed by atoms with van der Waals surface area (Å²) in [6.07, 6.45) is 1.74. The molecule has 1 aromatic carbocycles. The van der Waals surface area contributed by atoms with Crippen molar-refractivity contribution in [1.82, 2.24) is 5.32 Å². The van der Waals surface area contributed by atoms with Crippen LogP contribution in [0.15, 0.2) is 21.5 Å². The lowest BCUT2D eigenvalue weighted by molar-refractivity contribution is -0.115. The third kappa shape index (κ3) is 3.10. The van der Waals surface area contributed by atoms with Gasteiger partial charge in [-0.2, -0.15) is 0 Å². The van der Waals surface area contributed by atoms with Gasteiger partial charge in [-0.1, -0.05) is 24.0 Å². The Morgan fingerprint density at radius 1 is 1.32 bits per heavy atom. The number of methoxy groups -OCH3 is 2. The minimum atomic E-state index is -0.191. The van der Waals surface area contributed by atoms with Crippen LogP contribution in [-0.4, -0.2) is 24.4 Å². The van der Waals surface area contributed by atoms with Gasteiger partial charge in [-0.25, -0.2) is 0 Å². The number of rotatable bonds is 3. The zero-order valence-electron chi connectivity index (χ0n) is 10.2. The molecule has 7 heteroatoms. The summed E-state index contributed by atoms with van der Waals surface area (Å²) in [5.41, 5.74) is 0.775. The molecule has 1 heterocycles. The summed E-state index contributed by atoms with van der Waals surface area (Å²) in [7, 11) is 3.15. The van der Waals surface area contributed by atoms with Crippen molar-refractivity contribution in [3.8, 4) is 11.5 Å². The molecule has 1 aliphatic rings. The fraction of sp³-hybridized carbons (Fsp3) is 0.167. The molecule has 0 bridgehead atoms. The first-order valence-corrected chi connectivity index (χ1v) is 7.23. The Morgan fingerprint density at radius 3 is 2.53 bits per heavy atom. The molecule has 0 spiro atoms. The summed E-state index contributed by atoms with van der Waals surface area (Å²) in [4.78, 5) is 12.2. The minimum absolute atomic E-state index is 0.191. The van der Waals surface area contributed by atoms with Gasteiger partial charge < -0.3 is 14.8 Å². The lowest BCUT2D eigenvalue weighted by Crippen LogP contribution is -2.17. The highest BCUT2D eigenvalue weighted by molar-refractivity contribution is 9.10.